The molecule has 24 heavy (non-hydrogen) atoms. The molecule has 122 valence electrons. The number of rotatable bonds is 6. The van der Waals surface area contributed by atoms with Crippen molar-refractivity contribution in [1.29, 1.82) is 0 Å². The first kappa shape index (κ1) is 15.9. The maximum atomic E-state index is 12.6. The third-order valence-corrected chi connectivity index (χ3v) is 3.96. The Morgan fingerprint density at radius 1 is 1.25 bits per heavy atom. The lowest BCUT2D eigenvalue weighted by Crippen LogP contribution is -2.14. The van der Waals surface area contributed by atoms with Crippen LogP contribution in [-0.4, -0.2) is 30.6 Å². The molecule has 6 heteroatoms. The summed E-state index contributed by atoms with van der Waals surface area (Å²) < 4.78 is 2.06. The average molecular weight is 321 g/mol. The molecule has 0 spiro atoms. The number of benzene rings is 1. The Labute approximate surface area is 140 Å². The van der Waals surface area contributed by atoms with E-state index in [0.717, 1.165) is 17.0 Å². The molecule has 0 unspecified atom stereocenters. The van der Waals surface area contributed by atoms with Gasteiger partial charge in [-0.15, -0.1) is 16.8 Å². The number of aromatic nitrogens is 5. The third-order valence-electron chi connectivity index (χ3n) is 3.96. The highest BCUT2D eigenvalue weighted by molar-refractivity contribution is 5.97. The maximum Gasteiger partial charge on any atom is 0.204 e. The summed E-state index contributed by atoms with van der Waals surface area (Å²) in [5.74, 6) is 0.482. The van der Waals surface area contributed by atoms with Gasteiger partial charge < -0.3 is 4.57 Å². The number of allylic oxidation sites excluding steroid dienone is 1. The van der Waals surface area contributed by atoms with Gasteiger partial charge in [0.2, 0.25) is 5.82 Å². The molecule has 0 aliphatic carbocycles. The fourth-order valence-corrected chi connectivity index (χ4v) is 2.72. The first-order valence-corrected chi connectivity index (χ1v) is 7.74. The number of hydrogen-bond donors (Lipinski definition) is 0. The molecule has 0 aliphatic heterocycles. The van der Waals surface area contributed by atoms with Gasteiger partial charge in [-0.05, 0) is 25.1 Å². The summed E-state index contributed by atoms with van der Waals surface area (Å²) >= 11 is 0. The molecule has 0 saturated heterocycles. The van der Waals surface area contributed by atoms with E-state index in [-0.39, 0.29) is 12.3 Å². The summed E-state index contributed by atoms with van der Waals surface area (Å²) in [6.45, 7) is 8.43. The summed E-state index contributed by atoms with van der Waals surface area (Å²) in [5, 5.41) is 12.3. The second kappa shape index (κ2) is 6.62. The summed E-state index contributed by atoms with van der Waals surface area (Å²) in [6, 6.07) is 11.5. The molecule has 0 saturated carbocycles. The smallest absolute Gasteiger partial charge is 0.204 e. The molecule has 2 aromatic heterocycles. The van der Waals surface area contributed by atoms with Gasteiger partial charge in [0.15, 0.2) is 5.78 Å². The van der Waals surface area contributed by atoms with E-state index < -0.39 is 0 Å². The number of carbonyl (C=O) groups is 1. The van der Waals surface area contributed by atoms with E-state index in [1.165, 1.54) is 4.80 Å². The Kier molecular flexibility index (Phi) is 4.37. The van der Waals surface area contributed by atoms with Crippen molar-refractivity contribution in [2.75, 3.05) is 0 Å². The highest BCUT2D eigenvalue weighted by Gasteiger charge is 2.17. The molecule has 6 nitrogen and oxygen atoms in total. The zero-order valence-corrected chi connectivity index (χ0v) is 13.8. The van der Waals surface area contributed by atoms with Crippen LogP contribution in [0, 0.1) is 13.8 Å². The minimum absolute atomic E-state index is 0.0320. The van der Waals surface area contributed by atoms with Crippen LogP contribution in [-0.2, 0) is 13.1 Å². The van der Waals surface area contributed by atoms with Gasteiger partial charge in [0.1, 0.15) is 6.54 Å². The first-order chi connectivity index (χ1) is 11.6. The lowest BCUT2D eigenvalue weighted by Gasteiger charge is -2.06. The van der Waals surface area contributed by atoms with Crippen LogP contribution in [0.1, 0.15) is 21.7 Å². The van der Waals surface area contributed by atoms with E-state index in [0.29, 0.717) is 17.9 Å². The second-order valence-corrected chi connectivity index (χ2v) is 5.62. The second-order valence-electron chi connectivity index (χ2n) is 5.62. The van der Waals surface area contributed by atoms with E-state index in [4.69, 9.17) is 0 Å². The molecule has 0 aliphatic rings. The standard InChI is InChI=1S/C18H19N5O/c1-4-10-22-13(2)11-16(14(22)3)17(24)12-23-20-18(19-21-23)15-8-6-5-7-9-15/h4-9,11H,1,10,12H2,2-3H3. The van der Waals surface area contributed by atoms with Gasteiger partial charge in [-0.1, -0.05) is 36.4 Å². The number of Topliss-reactive ketones (excluding diaryl/α,β-unsaturated/α-hetero) is 1. The lowest BCUT2D eigenvalue weighted by atomic mass is 10.1. The van der Waals surface area contributed by atoms with Crippen LogP contribution in [0.4, 0.5) is 0 Å². The fraction of sp³-hybridized carbons (Fsp3) is 0.222. The van der Waals surface area contributed by atoms with Gasteiger partial charge in [-0.2, -0.15) is 4.80 Å². The van der Waals surface area contributed by atoms with Gasteiger partial charge in [-0.25, -0.2) is 0 Å². The molecule has 3 aromatic rings. The van der Waals surface area contributed by atoms with Crippen LogP contribution in [0.5, 0.6) is 0 Å². The average Bonchev–Trinajstić information content (AvgIpc) is 3.16. The molecule has 0 bridgehead atoms. The van der Waals surface area contributed by atoms with Gasteiger partial charge in [0.05, 0.1) is 0 Å². The Hall–Kier alpha value is -3.02. The van der Waals surface area contributed by atoms with Crippen LogP contribution in [0.15, 0.2) is 49.1 Å². The first-order valence-electron chi connectivity index (χ1n) is 7.74. The van der Waals surface area contributed by atoms with Crippen molar-refractivity contribution in [3.8, 4) is 11.4 Å². The molecular formula is C18H19N5O. The number of hydrogen-bond acceptors (Lipinski definition) is 4. The van der Waals surface area contributed by atoms with Crippen molar-refractivity contribution in [2.45, 2.75) is 26.9 Å². The zero-order valence-electron chi connectivity index (χ0n) is 13.8. The van der Waals surface area contributed by atoms with Crippen molar-refractivity contribution in [2.24, 2.45) is 0 Å². The molecule has 0 radical (unpaired) electrons. The number of tetrazole rings is 1. The van der Waals surface area contributed by atoms with Crippen molar-refractivity contribution in [3.63, 3.8) is 0 Å². The third kappa shape index (κ3) is 3.03. The molecule has 1 aromatic carbocycles. The Morgan fingerprint density at radius 3 is 2.71 bits per heavy atom. The van der Waals surface area contributed by atoms with E-state index in [1.54, 1.807) is 0 Å². The SMILES string of the molecule is C=CCn1c(C)cc(C(=O)Cn2nnc(-c3ccccc3)n2)c1C. The minimum atomic E-state index is -0.0320. The largest absolute Gasteiger partial charge is 0.345 e. The van der Waals surface area contributed by atoms with E-state index >= 15 is 0 Å². The van der Waals surface area contributed by atoms with Crippen LogP contribution in [0.25, 0.3) is 11.4 Å². The molecule has 2 heterocycles. The molecule has 3 rings (SSSR count). The fourth-order valence-electron chi connectivity index (χ4n) is 2.72. The lowest BCUT2D eigenvalue weighted by molar-refractivity contribution is 0.0960. The quantitative estimate of drug-likeness (QED) is 0.517. The maximum absolute atomic E-state index is 12.6. The van der Waals surface area contributed by atoms with Gasteiger partial charge >= 0.3 is 0 Å². The van der Waals surface area contributed by atoms with Gasteiger partial charge in [0.25, 0.3) is 0 Å². The van der Waals surface area contributed by atoms with Crippen molar-refractivity contribution >= 4 is 5.78 Å². The Balaban J connectivity index is 1.80. The number of aryl methyl sites for hydroxylation is 1. The number of ketones is 1. The van der Waals surface area contributed by atoms with Gasteiger partial charge in [-0.3, -0.25) is 4.79 Å². The summed E-state index contributed by atoms with van der Waals surface area (Å²) in [4.78, 5) is 13.9. The number of nitrogens with zero attached hydrogens (tertiary/aromatic N) is 5. The van der Waals surface area contributed by atoms with Crippen molar-refractivity contribution in [1.82, 2.24) is 24.8 Å². The zero-order chi connectivity index (χ0) is 17.1. The van der Waals surface area contributed by atoms with Crippen molar-refractivity contribution < 1.29 is 4.79 Å². The van der Waals surface area contributed by atoms with E-state index in [1.807, 2.05) is 56.3 Å². The minimum Gasteiger partial charge on any atom is -0.345 e. The predicted octanol–water partition coefficient (Wildman–Crippen LogP) is 2.83. The Morgan fingerprint density at radius 2 is 2.00 bits per heavy atom. The van der Waals surface area contributed by atoms with Crippen LogP contribution >= 0.6 is 0 Å². The van der Waals surface area contributed by atoms with Crippen LogP contribution in [0.2, 0.25) is 0 Å². The Bertz CT molecular complexity index is 876. The van der Waals surface area contributed by atoms with Crippen LogP contribution < -0.4 is 0 Å². The summed E-state index contributed by atoms with van der Waals surface area (Å²) in [7, 11) is 0. The molecular weight excluding hydrogens is 302 g/mol. The monoisotopic (exact) mass is 321 g/mol. The highest BCUT2D eigenvalue weighted by atomic mass is 16.1. The molecule has 0 fully saturated rings. The summed E-state index contributed by atoms with van der Waals surface area (Å²) in [6.07, 6.45) is 1.82. The predicted molar refractivity (Wildman–Crippen MR) is 91.7 cm³/mol. The van der Waals surface area contributed by atoms with E-state index in [2.05, 4.69) is 26.6 Å². The molecule has 0 N–H and O–H groups in total. The highest BCUT2D eigenvalue weighted by Crippen LogP contribution is 2.17. The van der Waals surface area contributed by atoms with Crippen LogP contribution in [0.3, 0.4) is 0 Å². The number of carbonyl (C=O) groups excluding carboxylic acids is 1. The normalized spacial score (nSPS) is 10.8. The van der Waals surface area contributed by atoms with E-state index in [9.17, 15) is 4.79 Å². The van der Waals surface area contributed by atoms with Crippen molar-refractivity contribution in [3.05, 3.63) is 66.0 Å². The molecule has 0 amide bonds. The molecule has 0 atom stereocenters. The van der Waals surface area contributed by atoms with Gasteiger partial charge in [0, 0.05) is 29.1 Å². The topological polar surface area (TPSA) is 65.6 Å². The summed E-state index contributed by atoms with van der Waals surface area (Å²) in [5.41, 5.74) is 3.53.